The molecule has 0 fully saturated rings. The molecular weight excluding hydrogens is 452 g/mol. The van der Waals surface area contributed by atoms with Gasteiger partial charge in [0, 0.05) is 30.5 Å². The van der Waals surface area contributed by atoms with E-state index in [9.17, 15) is 4.79 Å². The molecule has 2 heterocycles. The maximum absolute atomic E-state index is 11.4. The number of aromatic nitrogens is 1. The molecule has 2 N–H and O–H groups in total. The van der Waals surface area contributed by atoms with Gasteiger partial charge in [-0.05, 0) is 49.1 Å². The lowest BCUT2D eigenvalue weighted by atomic mass is 10.1. The van der Waals surface area contributed by atoms with E-state index in [4.69, 9.17) is 0 Å². The van der Waals surface area contributed by atoms with Crippen molar-refractivity contribution in [2.45, 2.75) is 43.5 Å². The van der Waals surface area contributed by atoms with Crippen LogP contribution in [-0.2, 0) is 11.3 Å². The van der Waals surface area contributed by atoms with Crippen LogP contribution in [-0.4, -0.2) is 44.6 Å². The van der Waals surface area contributed by atoms with Crippen molar-refractivity contribution in [2.75, 3.05) is 39.5 Å². The van der Waals surface area contributed by atoms with E-state index in [1.54, 1.807) is 18.8 Å². The van der Waals surface area contributed by atoms with Crippen LogP contribution in [0.2, 0.25) is 0 Å². The van der Waals surface area contributed by atoms with Gasteiger partial charge in [-0.25, -0.2) is 0 Å². The summed E-state index contributed by atoms with van der Waals surface area (Å²) in [6.45, 7) is 3.30. The van der Waals surface area contributed by atoms with Crippen LogP contribution >= 0.6 is 11.8 Å². The lowest BCUT2D eigenvalue weighted by Crippen LogP contribution is -2.44. The Bertz CT molecular complexity index is 1180. The van der Waals surface area contributed by atoms with E-state index in [0.29, 0.717) is 6.42 Å². The number of rotatable bonds is 11. The number of thioether (sulfide) groups is 1. The molecule has 1 aromatic heterocycles. The predicted molar refractivity (Wildman–Crippen MR) is 147 cm³/mol. The first kappa shape index (κ1) is 25.3. The molecule has 3 aromatic rings. The fourth-order valence-electron chi connectivity index (χ4n) is 4.68. The van der Waals surface area contributed by atoms with Crippen molar-refractivity contribution in [2.24, 2.45) is 0 Å². The van der Waals surface area contributed by atoms with E-state index in [1.807, 2.05) is 0 Å². The number of unbranched alkanes of at least 4 members (excludes halogenated alkanes) is 2. The van der Waals surface area contributed by atoms with Crippen LogP contribution in [0.15, 0.2) is 70.7 Å². The summed E-state index contributed by atoms with van der Waals surface area (Å²) in [4.78, 5) is 12.6. The van der Waals surface area contributed by atoms with Gasteiger partial charge in [-0.15, -0.1) is 0 Å². The van der Waals surface area contributed by atoms with Gasteiger partial charge in [0.15, 0.2) is 12.7 Å². The van der Waals surface area contributed by atoms with Crippen molar-refractivity contribution in [3.05, 3.63) is 71.4 Å². The molecule has 0 spiro atoms. The number of quaternary nitrogens is 1. The summed E-state index contributed by atoms with van der Waals surface area (Å²) < 4.78 is 3.41. The SMILES string of the molecule is CNC(=O)CCCCC[N+](C)(C)CCC[n+]1ccc(/C=C2/Nc3ccccc3S2)c2ccccc21. The Hall–Kier alpha value is -2.83. The van der Waals surface area contributed by atoms with Crippen molar-refractivity contribution in [1.29, 1.82) is 0 Å². The highest BCUT2D eigenvalue weighted by Gasteiger charge is 2.19. The minimum absolute atomic E-state index is 0.147. The molecule has 5 nitrogen and oxygen atoms in total. The Morgan fingerprint density at radius 3 is 2.60 bits per heavy atom. The smallest absolute Gasteiger partial charge is 0.219 e. The van der Waals surface area contributed by atoms with E-state index < -0.39 is 0 Å². The molecule has 184 valence electrons. The monoisotopic (exact) mass is 490 g/mol. The second-order valence-corrected chi connectivity index (χ2v) is 11.0. The summed E-state index contributed by atoms with van der Waals surface area (Å²) in [6, 6.07) is 19.4. The maximum Gasteiger partial charge on any atom is 0.219 e. The van der Waals surface area contributed by atoms with Crippen LogP contribution in [0.3, 0.4) is 0 Å². The number of carbonyl (C=O) groups excluding carboxylic acids is 1. The highest BCUT2D eigenvalue weighted by molar-refractivity contribution is 8.03. The molecule has 0 saturated carbocycles. The molecular formula is C29H38N4OS+2. The third-order valence-electron chi connectivity index (χ3n) is 6.72. The number of hydrogen-bond acceptors (Lipinski definition) is 3. The first-order chi connectivity index (χ1) is 16.9. The summed E-state index contributed by atoms with van der Waals surface area (Å²) in [5.41, 5.74) is 3.71. The fourth-order valence-corrected chi connectivity index (χ4v) is 5.64. The standard InChI is InChI=1S/C29H36N4OS/c1-30-28(34)16-5-4-10-20-33(2,3)21-11-18-32-19-17-23(24-12-6-8-14-26(24)32)22-29-31-25-13-7-9-15-27(25)35-29/h6-9,12-15,17,19,22H,4-5,10-11,16,18,20-21H2,1-3H3/p+2. The number of pyridine rings is 1. The van der Waals surface area contributed by atoms with Gasteiger partial charge in [0.1, 0.15) is 0 Å². The lowest BCUT2D eigenvalue weighted by molar-refractivity contribution is -0.892. The highest BCUT2D eigenvalue weighted by atomic mass is 32.2. The van der Waals surface area contributed by atoms with Crippen LogP contribution in [0.1, 0.15) is 37.7 Å². The normalized spacial score (nSPS) is 14.2. The quantitative estimate of drug-likeness (QED) is 0.214. The fraction of sp³-hybridized carbons (Fsp3) is 0.379. The largest absolute Gasteiger partial charge is 0.359 e. The predicted octanol–water partition coefficient (Wildman–Crippen LogP) is 5.42. The molecule has 1 aliphatic heterocycles. The highest BCUT2D eigenvalue weighted by Crippen LogP contribution is 2.41. The molecule has 0 bridgehead atoms. The lowest BCUT2D eigenvalue weighted by Gasteiger charge is -2.29. The third-order valence-corrected chi connectivity index (χ3v) is 7.73. The van der Waals surface area contributed by atoms with Crippen molar-refractivity contribution in [3.63, 3.8) is 0 Å². The second-order valence-electron chi connectivity index (χ2n) is 9.93. The minimum atomic E-state index is 0.147. The summed E-state index contributed by atoms with van der Waals surface area (Å²) in [6.07, 6.45) is 9.53. The Morgan fingerprint density at radius 2 is 1.77 bits per heavy atom. The van der Waals surface area contributed by atoms with Gasteiger partial charge in [0.05, 0.1) is 49.7 Å². The second kappa shape index (κ2) is 11.7. The summed E-state index contributed by atoms with van der Waals surface area (Å²) >= 11 is 1.79. The molecule has 0 radical (unpaired) electrons. The number of amides is 1. The molecule has 1 amide bonds. The Kier molecular flexibility index (Phi) is 8.47. The summed E-state index contributed by atoms with van der Waals surface area (Å²) in [5, 5.41) is 8.70. The average Bonchev–Trinajstić information content (AvgIpc) is 3.27. The molecule has 0 unspecified atom stereocenters. The van der Waals surface area contributed by atoms with E-state index in [0.717, 1.165) is 43.4 Å². The molecule has 35 heavy (non-hydrogen) atoms. The number of para-hydroxylation sites is 2. The number of fused-ring (bicyclic) bond motifs is 2. The summed E-state index contributed by atoms with van der Waals surface area (Å²) in [7, 11) is 6.35. The van der Waals surface area contributed by atoms with Crippen LogP contribution in [0, 0.1) is 0 Å². The van der Waals surface area contributed by atoms with Gasteiger partial charge in [0.2, 0.25) is 11.4 Å². The molecule has 1 aliphatic rings. The number of hydrogen-bond donors (Lipinski definition) is 2. The molecule has 6 heteroatoms. The number of anilines is 1. The number of carbonyl (C=O) groups is 1. The topological polar surface area (TPSA) is 45.0 Å². The Labute approximate surface area is 213 Å². The maximum atomic E-state index is 11.4. The van der Waals surface area contributed by atoms with E-state index in [-0.39, 0.29) is 5.91 Å². The number of nitrogens with zero attached hydrogens (tertiary/aromatic N) is 2. The van der Waals surface area contributed by atoms with Crippen LogP contribution < -0.4 is 15.2 Å². The minimum Gasteiger partial charge on any atom is -0.359 e. The van der Waals surface area contributed by atoms with E-state index >= 15 is 0 Å². The Morgan fingerprint density at radius 1 is 1.00 bits per heavy atom. The zero-order valence-electron chi connectivity index (χ0n) is 21.2. The Balaban J connectivity index is 1.35. The number of benzene rings is 2. The average molecular weight is 491 g/mol. The molecule has 0 atom stereocenters. The first-order valence-corrected chi connectivity index (χ1v) is 13.5. The molecule has 2 aromatic carbocycles. The van der Waals surface area contributed by atoms with Crippen LogP contribution in [0.25, 0.3) is 17.0 Å². The molecule has 0 saturated heterocycles. The van der Waals surface area contributed by atoms with Gasteiger partial charge >= 0.3 is 0 Å². The zero-order valence-corrected chi connectivity index (χ0v) is 22.0. The van der Waals surface area contributed by atoms with Gasteiger partial charge in [-0.2, -0.15) is 4.57 Å². The zero-order chi connectivity index (χ0) is 24.7. The van der Waals surface area contributed by atoms with Crippen molar-refractivity contribution in [3.8, 4) is 0 Å². The van der Waals surface area contributed by atoms with Gasteiger partial charge in [-0.1, -0.05) is 36.0 Å². The number of aryl methyl sites for hydroxylation is 1. The molecule has 0 aliphatic carbocycles. The van der Waals surface area contributed by atoms with Gasteiger partial charge in [0.25, 0.3) is 0 Å². The van der Waals surface area contributed by atoms with E-state index in [1.165, 1.54) is 38.5 Å². The van der Waals surface area contributed by atoms with Crippen molar-refractivity contribution < 1.29 is 13.8 Å². The number of nitrogens with one attached hydrogen (secondary N) is 2. The van der Waals surface area contributed by atoms with Crippen molar-refractivity contribution >= 4 is 40.3 Å². The summed E-state index contributed by atoms with van der Waals surface area (Å²) in [5.74, 6) is 0.147. The first-order valence-electron chi connectivity index (χ1n) is 12.6. The third kappa shape index (κ3) is 6.86. The van der Waals surface area contributed by atoms with Gasteiger partial charge in [-0.3, -0.25) is 4.79 Å². The van der Waals surface area contributed by atoms with Crippen molar-refractivity contribution in [1.82, 2.24) is 5.32 Å². The van der Waals surface area contributed by atoms with Crippen LogP contribution in [0.5, 0.6) is 0 Å². The van der Waals surface area contributed by atoms with Crippen LogP contribution in [0.4, 0.5) is 5.69 Å². The van der Waals surface area contributed by atoms with E-state index in [2.05, 4.69) is 96.2 Å². The molecule has 4 rings (SSSR count). The van der Waals surface area contributed by atoms with Gasteiger partial charge < -0.3 is 15.1 Å².